The fourth-order valence-electron chi connectivity index (χ4n) is 2.65. The van der Waals surface area contributed by atoms with Crippen molar-refractivity contribution in [2.45, 2.75) is 64.5 Å². The second-order valence-corrected chi connectivity index (χ2v) is 5.53. The number of hydrogen-bond donors (Lipinski definition) is 1. The Balaban J connectivity index is 2.17. The van der Waals surface area contributed by atoms with Gasteiger partial charge in [-0.3, -0.25) is 0 Å². The second kappa shape index (κ2) is 6.49. The monoisotopic (exact) mass is 212 g/mol. The standard InChI is InChI=1S/C13H28N2/c1-11-6-4-8-13(10-11)15(3)9-5-7-12(2)14/h11-13H,4-10,14H2,1-3H3. The number of nitrogens with zero attached hydrogens (tertiary/aromatic N) is 1. The molecule has 0 heterocycles. The number of nitrogens with two attached hydrogens (primary N) is 1. The minimum Gasteiger partial charge on any atom is -0.328 e. The van der Waals surface area contributed by atoms with Crippen molar-refractivity contribution in [3.05, 3.63) is 0 Å². The van der Waals surface area contributed by atoms with Crippen LogP contribution in [0.3, 0.4) is 0 Å². The van der Waals surface area contributed by atoms with E-state index in [1.165, 1.54) is 38.6 Å². The molecule has 1 fully saturated rings. The topological polar surface area (TPSA) is 29.3 Å². The van der Waals surface area contributed by atoms with Crippen LogP contribution in [0.15, 0.2) is 0 Å². The molecule has 0 saturated heterocycles. The molecule has 3 atom stereocenters. The van der Waals surface area contributed by atoms with Crippen molar-refractivity contribution in [3.63, 3.8) is 0 Å². The van der Waals surface area contributed by atoms with Gasteiger partial charge < -0.3 is 10.6 Å². The van der Waals surface area contributed by atoms with Crippen LogP contribution in [0.5, 0.6) is 0 Å². The molecule has 0 spiro atoms. The molecular formula is C13H28N2. The summed E-state index contributed by atoms with van der Waals surface area (Å²) in [5, 5.41) is 0. The molecule has 0 aromatic heterocycles. The minimum absolute atomic E-state index is 0.365. The summed E-state index contributed by atoms with van der Waals surface area (Å²) in [7, 11) is 2.28. The van der Waals surface area contributed by atoms with Crippen molar-refractivity contribution in [1.29, 1.82) is 0 Å². The third-order valence-electron chi connectivity index (χ3n) is 3.70. The maximum Gasteiger partial charge on any atom is 0.00947 e. The van der Waals surface area contributed by atoms with Gasteiger partial charge in [0.2, 0.25) is 0 Å². The fourth-order valence-corrected chi connectivity index (χ4v) is 2.65. The van der Waals surface area contributed by atoms with Gasteiger partial charge in [-0.05, 0) is 52.1 Å². The zero-order valence-electron chi connectivity index (χ0n) is 10.7. The molecule has 2 N–H and O–H groups in total. The van der Waals surface area contributed by atoms with Crippen LogP contribution in [0.2, 0.25) is 0 Å². The normalized spacial score (nSPS) is 29.4. The van der Waals surface area contributed by atoms with Gasteiger partial charge >= 0.3 is 0 Å². The summed E-state index contributed by atoms with van der Waals surface area (Å²) in [6.07, 6.45) is 8.06. The Morgan fingerprint density at radius 3 is 2.73 bits per heavy atom. The molecule has 2 nitrogen and oxygen atoms in total. The number of hydrogen-bond acceptors (Lipinski definition) is 2. The zero-order valence-corrected chi connectivity index (χ0v) is 10.7. The van der Waals surface area contributed by atoms with E-state index in [2.05, 4.69) is 25.8 Å². The summed E-state index contributed by atoms with van der Waals surface area (Å²) in [5.41, 5.74) is 5.76. The first-order chi connectivity index (χ1) is 7.09. The van der Waals surface area contributed by atoms with Crippen molar-refractivity contribution >= 4 is 0 Å². The third-order valence-corrected chi connectivity index (χ3v) is 3.70. The summed E-state index contributed by atoms with van der Waals surface area (Å²) in [4.78, 5) is 2.55. The van der Waals surface area contributed by atoms with Gasteiger partial charge in [-0.15, -0.1) is 0 Å². The smallest absolute Gasteiger partial charge is 0.00947 e. The molecule has 1 aliphatic carbocycles. The quantitative estimate of drug-likeness (QED) is 0.759. The van der Waals surface area contributed by atoms with E-state index in [1.807, 2.05) is 0 Å². The van der Waals surface area contributed by atoms with Gasteiger partial charge in [0.1, 0.15) is 0 Å². The van der Waals surface area contributed by atoms with Gasteiger partial charge in [0.15, 0.2) is 0 Å². The molecule has 0 aromatic carbocycles. The van der Waals surface area contributed by atoms with Gasteiger partial charge in [-0.25, -0.2) is 0 Å². The van der Waals surface area contributed by atoms with E-state index >= 15 is 0 Å². The second-order valence-electron chi connectivity index (χ2n) is 5.53. The van der Waals surface area contributed by atoms with E-state index in [1.54, 1.807) is 0 Å². The molecule has 1 rings (SSSR count). The lowest BCUT2D eigenvalue weighted by atomic mass is 9.86. The van der Waals surface area contributed by atoms with Gasteiger partial charge in [-0.1, -0.05) is 19.8 Å². The lowest BCUT2D eigenvalue weighted by molar-refractivity contribution is 0.161. The first-order valence-electron chi connectivity index (χ1n) is 6.55. The van der Waals surface area contributed by atoms with Gasteiger partial charge in [-0.2, -0.15) is 0 Å². The largest absolute Gasteiger partial charge is 0.328 e. The summed E-state index contributed by atoms with van der Waals surface area (Å²) in [6.45, 7) is 5.71. The van der Waals surface area contributed by atoms with E-state index in [0.29, 0.717) is 6.04 Å². The Kier molecular flexibility index (Phi) is 5.62. The van der Waals surface area contributed by atoms with Gasteiger partial charge in [0.25, 0.3) is 0 Å². The summed E-state index contributed by atoms with van der Waals surface area (Å²) in [5.74, 6) is 0.930. The van der Waals surface area contributed by atoms with Gasteiger partial charge in [0, 0.05) is 12.1 Å². The predicted octanol–water partition coefficient (Wildman–Crippen LogP) is 2.62. The maximum atomic E-state index is 5.76. The molecule has 90 valence electrons. The third kappa shape index (κ3) is 4.98. The Morgan fingerprint density at radius 2 is 2.13 bits per heavy atom. The molecule has 15 heavy (non-hydrogen) atoms. The average molecular weight is 212 g/mol. The van der Waals surface area contributed by atoms with E-state index in [-0.39, 0.29) is 0 Å². The van der Waals surface area contributed by atoms with Crippen molar-refractivity contribution in [3.8, 4) is 0 Å². The number of rotatable bonds is 5. The van der Waals surface area contributed by atoms with E-state index < -0.39 is 0 Å². The average Bonchev–Trinajstić information content (AvgIpc) is 2.17. The lowest BCUT2D eigenvalue weighted by Gasteiger charge is -2.34. The van der Waals surface area contributed by atoms with E-state index in [0.717, 1.165) is 18.4 Å². The molecule has 2 heteroatoms. The Bertz CT molecular complexity index is 168. The van der Waals surface area contributed by atoms with Gasteiger partial charge in [0.05, 0.1) is 0 Å². The Labute approximate surface area is 95.2 Å². The summed E-state index contributed by atoms with van der Waals surface area (Å²) >= 11 is 0. The van der Waals surface area contributed by atoms with Crippen LogP contribution in [0.1, 0.15) is 52.4 Å². The van der Waals surface area contributed by atoms with Crippen molar-refractivity contribution in [1.82, 2.24) is 4.90 Å². The van der Waals surface area contributed by atoms with Crippen LogP contribution >= 0.6 is 0 Å². The van der Waals surface area contributed by atoms with E-state index in [4.69, 9.17) is 5.73 Å². The molecular weight excluding hydrogens is 184 g/mol. The highest BCUT2D eigenvalue weighted by molar-refractivity contribution is 4.77. The molecule has 0 bridgehead atoms. The Hall–Kier alpha value is -0.0800. The summed E-state index contributed by atoms with van der Waals surface area (Å²) < 4.78 is 0. The maximum absolute atomic E-state index is 5.76. The minimum atomic E-state index is 0.365. The van der Waals surface area contributed by atoms with Crippen LogP contribution in [0.25, 0.3) is 0 Å². The van der Waals surface area contributed by atoms with Crippen LogP contribution in [0, 0.1) is 5.92 Å². The lowest BCUT2D eigenvalue weighted by Crippen LogP contribution is -2.36. The van der Waals surface area contributed by atoms with Crippen molar-refractivity contribution < 1.29 is 0 Å². The highest BCUT2D eigenvalue weighted by Gasteiger charge is 2.21. The Morgan fingerprint density at radius 1 is 1.40 bits per heavy atom. The zero-order chi connectivity index (χ0) is 11.3. The first-order valence-corrected chi connectivity index (χ1v) is 6.55. The van der Waals surface area contributed by atoms with E-state index in [9.17, 15) is 0 Å². The predicted molar refractivity (Wildman–Crippen MR) is 66.9 cm³/mol. The fraction of sp³-hybridized carbons (Fsp3) is 1.00. The SMILES string of the molecule is CC(N)CCCN(C)C1CCCC(C)C1. The molecule has 3 unspecified atom stereocenters. The van der Waals surface area contributed by atoms with Crippen LogP contribution in [-0.4, -0.2) is 30.6 Å². The summed E-state index contributed by atoms with van der Waals surface area (Å²) in [6, 6.07) is 1.20. The first kappa shape index (κ1) is 13.0. The van der Waals surface area contributed by atoms with Crippen molar-refractivity contribution in [2.24, 2.45) is 11.7 Å². The van der Waals surface area contributed by atoms with Crippen LogP contribution in [0.4, 0.5) is 0 Å². The molecule has 1 aliphatic rings. The molecule has 1 saturated carbocycles. The molecule has 0 aliphatic heterocycles. The molecule has 0 amide bonds. The van der Waals surface area contributed by atoms with Crippen LogP contribution in [-0.2, 0) is 0 Å². The molecule has 0 radical (unpaired) electrons. The highest BCUT2D eigenvalue weighted by atomic mass is 15.1. The highest BCUT2D eigenvalue weighted by Crippen LogP contribution is 2.26. The van der Waals surface area contributed by atoms with Crippen LogP contribution < -0.4 is 5.73 Å². The molecule has 0 aromatic rings. The van der Waals surface area contributed by atoms with Crippen molar-refractivity contribution in [2.75, 3.05) is 13.6 Å².